The molecule has 68 valence electrons. The first kappa shape index (κ1) is 10.8. The standard InChI is InChI=1S/C7H19N3O/c1-5-6(8-2)7(11,9-3)10-4/h6,8-11H,5H2,1-4H3. The third-order valence-corrected chi connectivity index (χ3v) is 2.02. The highest BCUT2D eigenvalue weighted by molar-refractivity contribution is 4.82. The summed E-state index contributed by atoms with van der Waals surface area (Å²) < 4.78 is 0. The monoisotopic (exact) mass is 161 g/mol. The maximum atomic E-state index is 9.80. The van der Waals surface area contributed by atoms with Gasteiger partial charge in [0.15, 0.2) is 5.85 Å². The number of aliphatic hydroxyl groups is 1. The Morgan fingerprint density at radius 1 is 1.27 bits per heavy atom. The second-order valence-corrected chi connectivity index (χ2v) is 2.52. The van der Waals surface area contributed by atoms with Crippen LogP contribution in [-0.2, 0) is 0 Å². The van der Waals surface area contributed by atoms with E-state index in [1.165, 1.54) is 0 Å². The summed E-state index contributed by atoms with van der Waals surface area (Å²) in [4.78, 5) is 0. The van der Waals surface area contributed by atoms with Crippen LogP contribution in [0.25, 0.3) is 0 Å². The maximum Gasteiger partial charge on any atom is 0.187 e. The zero-order chi connectivity index (χ0) is 8.91. The molecule has 0 saturated carbocycles. The van der Waals surface area contributed by atoms with Crippen LogP contribution in [0.5, 0.6) is 0 Å². The quantitative estimate of drug-likeness (QED) is 0.394. The smallest absolute Gasteiger partial charge is 0.187 e. The highest BCUT2D eigenvalue weighted by atomic mass is 16.3. The number of rotatable bonds is 5. The summed E-state index contributed by atoms with van der Waals surface area (Å²) in [6.45, 7) is 2.01. The molecular weight excluding hydrogens is 142 g/mol. The van der Waals surface area contributed by atoms with Crippen LogP contribution < -0.4 is 16.0 Å². The third-order valence-electron chi connectivity index (χ3n) is 2.02. The van der Waals surface area contributed by atoms with Crippen LogP contribution in [0.4, 0.5) is 0 Å². The molecule has 4 heteroatoms. The summed E-state index contributed by atoms with van der Waals surface area (Å²) in [7, 11) is 5.26. The van der Waals surface area contributed by atoms with E-state index >= 15 is 0 Å². The van der Waals surface area contributed by atoms with Gasteiger partial charge in [-0.15, -0.1) is 0 Å². The summed E-state index contributed by atoms with van der Waals surface area (Å²) in [5, 5.41) is 18.4. The van der Waals surface area contributed by atoms with Gasteiger partial charge in [-0.05, 0) is 27.6 Å². The fourth-order valence-corrected chi connectivity index (χ4v) is 1.18. The summed E-state index contributed by atoms with van der Waals surface area (Å²) in [6, 6.07) is 0.0116. The Balaban J connectivity index is 4.19. The van der Waals surface area contributed by atoms with Crippen LogP contribution in [0.15, 0.2) is 0 Å². The predicted octanol–water partition coefficient (Wildman–Crippen LogP) is -0.931. The van der Waals surface area contributed by atoms with Crippen LogP contribution in [0, 0.1) is 0 Å². The second kappa shape index (κ2) is 4.66. The summed E-state index contributed by atoms with van der Waals surface area (Å²) in [6.07, 6.45) is 0.856. The number of hydrogen-bond acceptors (Lipinski definition) is 4. The van der Waals surface area contributed by atoms with E-state index in [0.717, 1.165) is 6.42 Å². The van der Waals surface area contributed by atoms with Gasteiger partial charge in [0.1, 0.15) is 0 Å². The molecule has 0 rings (SSSR count). The molecule has 0 aromatic heterocycles. The minimum absolute atomic E-state index is 0.0116. The van der Waals surface area contributed by atoms with Crippen molar-refractivity contribution < 1.29 is 5.11 Å². The van der Waals surface area contributed by atoms with E-state index in [1.807, 2.05) is 14.0 Å². The first-order valence-electron chi connectivity index (χ1n) is 3.92. The molecule has 0 amide bonds. The van der Waals surface area contributed by atoms with Crippen molar-refractivity contribution in [2.75, 3.05) is 21.1 Å². The highest BCUT2D eigenvalue weighted by Gasteiger charge is 2.30. The van der Waals surface area contributed by atoms with E-state index in [4.69, 9.17) is 0 Å². The first-order valence-corrected chi connectivity index (χ1v) is 3.92. The van der Waals surface area contributed by atoms with Crippen molar-refractivity contribution in [3.8, 4) is 0 Å². The van der Waals surface area contributed by atoms with E-state index in [2.05, 4.69) is 16.0 Å². The van der Waals surface area contributed by atoms with E-state index in [-0.39, 0.29) is 6.04 Å². The molecule has 0 saturated heterocycles. The average molecular weight is 161 g/mol. The molecule has 1 atom stereocenters. The van der Waals surface area contributed by atoms with Gasteiger partial charge in [0, 0.05) is 0 Å². The van der Waals surface area contributed by atoms with Crippen molar-refractivity contribution in [3.05, 3.63) is 0 Å². The van der Waals surface area contributed by atoms with Gasteiger partial charge in [0.25, 0.3) is 0 Å². The van der Waals surface area contributed by atoms with Gasteiger partial charge >= 0.3 is 0 Å². The van der Waals surface area contributed by atoms with Crippen molar-refractivity contribution >= 4 is 0 Å². The van der Waals surface area contributed by atoms with Gasteiger partial charge in [0.2, 0.25) is 0 Å². The normalized spacial score (nSPS) is 15.0. The van der Waals surface area contributed by atoms with Crippen LogP contribution >= 0.6 is 0 Å². The number of likely N-dealkylation sites (N-methyl/N-ethyl adjacent to an activating group) is 3. The Morgan fingerprint density at radius 2 is 1.73 bits per heavy atom. The van der Waals surface area contributed by atoms with E-state index in [9.17, 15) is 5.11 Å². The second-order valence-electron chi connectivity index (χ2n) is 2.52. The Hall–Kier alpha value is -0.160. The van der Waals surface area contributed by atoms with Gasteiger partial charge in [0.05, 0.1) is 6.04 Å². The van der Waals surface area contributed by atoms with E-state index in [0.29, 0.717) is 0 Å². The molecule has 4 N–H and O–H groups in total. The Morgan fingerprint density at radius 3 is 1.82 bits per heavy atom. The zero-order valence-corrected chi connectivity index (χ0v) is 7.73. The molecule has 0 aliphatic carbocycles. The number of nitrogens with one attached hydrogen (secondary N) is 3. The van der Waals surface area contributed by atoms with E-state index < -0.39 is 5.85 Å². The van der Waals surface area contributed by atoms with Gasteiger partial charge in [-0.25, -0.2) is 0 Å². The van der Waals surface area contributed by atoms with Gasteiger partial charge in [-0.3, -0.25) is 10.6 Å². The van der Waals surface area contributed by atoms with Crippen molar-refractivity contribution in [2.45, 2.75) is 25.2 Å². The van der Waals surface area contributed by atoms with Crippen LogP contribution in [0.1, 0.15) is 13.3 Å². The molecule has 0 aromatic rings. The third kappa shape index (κ3) is 2.41. The number of hydrogen-bond donors (Lipinski definition) is 4. The van der Waals surface area contributed by atoms with Crippen molar-refractivity contribution in [3.63, 3.8) is 0 Å². The lowest BCUT2D eigenvalue weighted by atomic mass is 10.1. The molecule has 4 nitrogen and oxygen atoms in total. The van der Waals surface area contributed by atoms with Gasteiger partial charge in [-0.1, -0.05) is 6.92 Å². The van der Waals surface area contributed by atoms with Crippen LogP contribution in [-0.4, -0.2) is 38.1 Å². The molecular formula is C7H19N3O. The molecule has 0 aliphatic heterocycles. The van der Waals surface area contributed by atoms with Gasteiger partial charge in [-0.2, -0.15) is 0 Å². The lowest BCUT2D eigenvalue weighted by Gasteiger charge is -2.34. The lowest BCUT2D eigenvalue weighted by Crippen LogP contribution is -2.65. The minimum atomic E-state index is -1.01. The summed E-state index contributed by atoms with van der Waals surface area (Å²) in [5.74, 6) is -1.01. The molecule has 0 bridgehead atoms. The Bertz CT molecular complexity index is 99.9. The Labute approximate surface area is 68.4 Å². The highest BCUT2D eigenvalue weighted by Crippen LogP contribution is 2.04. The lowest BCUT2D eigenvalue weighted by molar-refractivity contribution is -0.0476. The fourth-order valence-electron chi connectivity index (χ4n) is 1.18. The first-order chi connectivity index (χ1) is 5.14. The van der Waals surface area contributed by atoms with E-state index in [1.54, 1.807) is 14.1 Å². The molecule has 0 aromatic carbocycles. The molecule has 11 heavy (non-hydrogen) atoms. The molecule has 1 unspecified atom stereocenters. The molecule has 0 heterocycles. The van der Waals surface area contributed by atoms with Gasteiger partial charge < -0.3 is 10.4 Å². The molecule has 0 fully saturated rings. The van der Waals surface area contributed by atoms with Crippen LogP contribution in [0.3, 0.4) is 0 Å². The van der Waals surface area contributed by atoms with Crippen LogP contribution in [0.2, 0.25) is 0 Å². The fraction of sp³-hybridized carbons (Fsp3) is 1.00. The molecule has 0 radical (unpaired) electrons. The Kier molecular flexibility index (Phi) is 4.60. The van der Waals surface area contributed by atoms with Crippen molar-refractivity contribution in [1.82, 2.24) is 16.0 Å². The van der Waals surface area contributed by atoms with Crippen molar-refractivity contribution in [1.29, 1.82) is 0 Å². The molecule has 0 spiro atoms. The van der Waals surface area contributed by atoms with Crippen molar-refractivity contribution in [2.24, 2.45) is 0 Å². The largest absolute Gasteiger partial charge is 0.362 e. The summed E-state index contributed by atoms with van der Waals surface area (Å²) in [5.41, 5.74) is 0. The average Bonchev–Trinajstić information content (AvgIpc) is 2.06. The maximum absolute atomic E-state index is 9.80. The predicted molar refractivity (Wildman–Crippen MR) is 46.2 cm³/mol. The minimum Gasteiger partial charge on any atom is -0.362 e. The SMILES string of the molecule is CCC(NC)C(O)(NC)NC. The summed E-state index contributed by atoms with van der Waals surface area (Å²) >= 11 is 0. The topological polar surface area (TPSA) is 56.3 Å². The zero-order valence-electron chi connectivity index (χ0n) is 7.73. The molecule has 0 aliphatic rings.